The maximum Gasteiger partial charge on any atom is 0.246 e. The molecule has 6 aromatic rings. The van der Waals surface area contributed by atoms with Crippen LogP contribution in [0.5, 0.6) is 0 Å². The fraction of sp³-hybridized carbons (Fsp3) is 0. The lowest BCUT2D eigenvalue weighted by molar-refractivity contribution is 1.19. The van der Waals surface area contributed by atoms with Crippen LogP contribution in [0.2, 0.25) is 0 Å². The van der Waals surface area contributed by atoms with Crippen LogP contribution in [0.4, 0.5) is 0 Å². The van der Waals surface area contributed by atoms with Crippen LogP contribution in [0.1, 0.15) is 0 Å². The molecule has 0 aliphatic carbocycles. The van der Waals surface area contributed by atoms with Gasteiger partial charge in [-0.2, -0.15) is 0 Å². The zero-order chi connectivity index (χ0) is 21.1. The summed E-state index contributed by atoms with van der Waals surface area (Å²) in [4.78, 5) is 0. The van der Waals surface area contributed by atoms with Crippen molar-refractivity contribution >= 4 is 44.9 Å². The lowest BCUT2D eigenvalue weighted by atomic mass is 9.35. The largest absolute Gasteiger partial charge is 0.310 e. The summed E-state index contributed by atoms with van der Waals surface area (Å²) in [6.45, 7) is 0.230. The zero-order valence-corrected chi connectivity index (χ0v) is 17.6. The summed E-state index contributed by atoms with van der Waals surface area (Å²) in [7, 11) is 0. The summed E-state index contributed by atoms with van der Waals surface area (Å²) in [5, 5.41) is 2.64. The van der Waals surface area contributed by atoms with Gasteiger partial charge in [-0.15, -0.1) is 0 Å². The Kier molecular flexibility index (Phi) is 3.71. The summed E-state index contributed by atoms with van der Waals surface area (Å²) in [5.74, 6) is 0. The van der Waals surface area contributed by atoms with E-state index in [0.29, 0.717) is 0 Å². The van der Waals surface area contributed by atoms with Crippen molar-refractivity contribution < 1.29 is 0 Å². The SMILES string of the molecule is c1ccc(B2c3ccccc3-n3c4c2cccc4c2cccc(-c4ccccc4)c23)cc1. The van der Waals surface area contributed by atoms with E-state index in [1.54, 1.807) is 0 Å². The highest BCUT2D eigenvalue weighted by Gasteiger charge is 2.33. The standard InChI is InChI=1S/C30H20BN/c1-3-11-21(12-4-1)23-15-9-16-24-25-17-10-19-27-30(25)32(29(23)24)28-20-8-7-18-26(28)31(27)22-13-5-2-6-14-22/h1-20H. The molecule has 0 unspecified atom stereocenters. The van der Waals surface area contributed by atoms with Gasteiger partial charge in [0.2, 0.25) is 6.71 Å². The first-order chi connectivity index (χ1) is 15.9. The number of para-hydroxylation sites is 3. The topological polar surface area (TPSA) is 4.93 Å². The molecule has 1 aromatic heterocycles. The van der Waals surface area contributed by atoms with Gasteiger partial charge < -0.3 is 4.57 Å². The average molecular weight is 405 g/mol. The molecule has 0 saturated heterocycles. The minimum absolute atomic E-state index is 0.230. The lowest BCUT2D eigenvalue weighted by Crippen LogP contribution is -2.55. The summed E-state index contributed by atoms with van der Waals surface area (Å²) >= 11 is 0. The third-order valence-electron chi connectivity index (χ3n) is 6.86. The molecule has 1 aliphatic rings. The molecule has 1 nitrogen and oxygen atoms in total. The Hall–Kier alpha value is -4.04. The van der Waals surface area contributed by atoms with E-state index in [1.807, 2.05) is 0 Å². The molecule has 0 fully saturated rings. The Morgan fingerprint density at radius 1 is 0.469 bits per heavy atom. The maximum atomic E-state index is 2.51. The molecular formula is C30H20BN. The molecule has 0 spiro atoms. The van der Waals surface area contributed by atoms with E-state index in [-0.39, 0.29) is 6.71 Å². The van der Waals surface area contributed by atoms with Crippen molar-refractivity contribution in [2.75, 3.05) is 0 Å². The van der Waals surface area contributed by atoms with Gasteiger partial charge in [0, 0.05) is 27.5 Å². The van der Waals surface area contributed by atoms with Crippen LogP contribution in [-0.2, 0) is 0 Å². The first-order valence-corrected chi connectivity index (χ1v) is 11.2. The number of fused-ring (bicyclic) bond motifs is 5. The van der Waals surface area contributed by atoms with Gasteiger partial charge in [-0.3, -0.25) is 0 Å². The van der Waals surface area contributed by atoms with Crippen LogP contribution in [0.15, 0.2) is 121 Å². The summed E-state index contributed by atoms with van der Waals surface area (Å²) < 4.78 is 2.51. The zero-order valence-electron chi connectivity index (χ0n) is 17.6. The summed E-state index contributed by atoms with van der Waals surface area (Å²) in [6, 6.07) is 44.1. The van der Waals surface area contributed by atoms with E-state index >= 15 is 0 Å². The Labute approximate surface area is 187 Å². The van der Waals surface area contributed by atoms with Crippen LogP contribution in [-0.4, -0.2) is 11.3 Å². The van der Waals surface area contributed by atoms with Gasteiger partial charge in [0.1, 0.15) is 0 Å². The summed E-state index contributed by atoms with van der Waals surface area (Å²) in [6.07, 6.45) is 0. The Balaban J connectivity index is 1.68. The molecular weight excluding hydrogens is 385 g/mol. The second kappa shape index (κ2) is 6.73. The predicted molar refractivity (Wildman–Crippen MR) is 137 cm³/mol. The molecule has 0 amide bonds. The Morgan fingerprint density at radius 2 is 1.09 bits per heavy atom. The van der Waals surface area contributed by atoms with Crippen molar-refractivity contribution in [1.82, 2.24) is 4.57 Å². The predicted octanol–water partition coefficient (Wildman–Crippen LogP) is 5.28. The quantitative estimate of drug-likeness (QED) is 0.345. The third-order valence-corrected chi connectivity index (χ3v) is 6.86. The first kappa shape index (κ1) is 17.6. The number of hydrogen-bond acceptors (Lipinski definition) is 0. The van der Waals surface area contributed by atoms with Gasteiger partial charge in [0.15, 0.2) is 0 Å². The van der Waals surface area contributed by atoms with E-state index in [2.05, 4.69) is 126 Å². The molecule has 0 saturated carbocycles. The molecule has 0 atom stereocenters. The van der Waals surface area contributed by atoms with Gasteiger partial charge in [-0.1, -0.05) is 121 Å². The van der Waals surface area contributed by atoms with Gasteiger partial charge in [-0.25, -0.2) is 0 Å². The average Bonchev–Trinajstić information content (AvgIpc) is 3.22. The van der Waals surface area contributed by atoms with Gasteiger partial charge in [0.25, 0.3) is 0 Å². The van der Waals surface area contributed by atoms with Crippen LogP contribution in [0.3, 0.4) is 0 Å². The molecule has 2 heterocycles. The molecule has 1 aliphatic heterocycles. The number of hydrogen-bond donors (Lipinski definition) is 0. The van der Waals surface area contributed by atoms with E-state index in [0.717, 1.165) is 0 Å². The Bertz CT molecular complexity index is 1610. The second-order valence-electron chi connectivity index (χ2n) is 8.55. The summed E-state index contributed by atoms with van der Waals surface area (Å²) in [5.41, 5.74) is 10.5. The van der Waals surface area contributed by atoms with Gasteiger partial charge in [-0.05, 0) is 22.6 Å². The molecule has 148 valence electrons. The van der Waals surface area contributed by atoms with Crippen LogP contribution in [0, 0.1) is 0 Å². The van der Waals surface area contributed by atoms with Crippen LogP contribution in [0.25, 0.3) is 38.6 Å². The van der Waals surface area contributed by atoms with Crippen molar-refractivity contribution in [1.29, 1.82) is 0 Å². The molecule has 5 aromatic carbocycles. The van der Waals surface area contributed by atoms with Crippen molar-refractivity contribution in [3.05, 3.63) is 121 Å². The van der Waals surface area contributed by atoms with Crippen LogP contribution < -0.4 is 16.4 Å². The molecule has 32 heavy (non-hydrogen) atoms. The van der Waals surface area contributed by atoms with E-state index in [9.17, 15) is 0 Å². The Morgan fingerprint density at radius 3 is 1.91 bits per heavy atom. The van der Waals surface area contributed by atoms with Crippen molar-refractivity contribution in [3.8, 4) is 16.8 Å². The van der Waals surface area contributed by atoms with E-state index in [4.69, 9.17) is 0 Å². The molecule has 0 radical (unpaired) electrons. The highest BCUT2D eigenvalue weighted by Crippen LogP contribution is 2.38. The molecule has 0 N–H and O–H groups in total. The van der Waals surface area contributed by atoms with Crippen molar-refractivity contribution in [2.24, 2.45) is 0 Å². The van der Waals surface area contributed by atoms with E-state index in [1.165, 1.54) is 55.0 Å². The minimum atomic E-state index is 0.230. The van der Waals surface area contributed by atoms with Crippen LogP contribution >= 0.6 is 0 Å². The van der Waals surface area contributed by atoms with Gasteiger partial charge in [0.05, 0.1) is 5.52 Å². The number of benzene rings is 5. The first-order valence-electron chi connectivity index (χ1n) is 11.2. The normalized spacial score (nSPS) is 12.3. The van der Waals surface area contributed by atoms with Crippen molar-refractivity contribution in [2.45, 2.75) is 0 Å². The minimum Gasteiger partial charge on any atom is -0.310 e. The third kappa shape index (κ3) is 2.35. The highest BCUT2D eigenvalue weighted by molar-refractivity contribution is 6.98. The maximum absolute atomic E-state index is 2.51. The fourth-order valence-corrected chi connectivity index (χ4v) is 5.57. The molecule has 7 rings (SSSR count). The molecule has 0 bridgehead atoms. The smallest absolute Gasteiger partial charge is 0.246 e. The number of aromatic nitrogens is 1. The fourth-order valence-electron chi connectivity index (χ4n) is 5.57. The second-order valence-corrected chi connectivity index (χ2v) is 8.55. The molecule has 2 heteroatoms. The lowest BCUT2D eigenvalue weighted by Gasteiger charge is -2.27. The number of nitrogens with zero attached hydrogens (tertiary/aromatic N) is 1. The van der Waals surface area contributed by atoms with Crippen molar-refractivity contribution in [3.63, 3.8) is 0 Å². The number of rotatable bonds is 2. The van der Waals surface area contributed by atoms with E-state index < -0.39 is 0 Å². The monoisotopic (exact) mass is 405 g/mol. The highest BCUT2D eigenvalue weighted by atomic mass is 15.0. The van der Waals surface area contributed by atoms with Gasteiger partial charge >= 0.3 is 0 Å².